The minimum Gasteiger partial charge on any atom is -0.366 e. The van der Waals surface area contributed by atoms with Crippen molar-refractivity contribution < 1.29 is 0 Å². The predicted octanol–water partition coefficient (Wildman–Crippen LogP) is 4.28. The van der Waals surface area contributed by atoms with E-state index in [2.05, 4.69) is 64.9 Å². The van der Waals surface area contributed by atoms with Crippen LogP contribution >= 0.6 is 0 Å². The summed E-state index contributed by atoms with van der Waals surface area (Å²) in [5.41, 5.74) is 10.2. The van der Waals surface area contributed by atoms with Crippen molar-refractivity contribution in [3.05, 3.63) is 48.3 Å². The Labute approximate surface area is 160 Å². The predicted molar refractivity (Wildman–Crippen MR) is 111 cm³/mol. The number of hydrogen-bond acceptors (Lipinski definition) is 5. The van der Waals surface area contributed by atoms with Crippen molar-refractivity contribution in [3.8, 4) is 0 Å². The Hall–Kier alpha value is -2.60. The molecule has 1 aromatic carbocycles. The van der Waals surface area contributed by atoms with Crippen LogP contribution in [0.25, 0.3) is 5.65 Å². The number of anilines is 3. The number of nitrogens with zero attached hydrogens (tertiary/aromatic N) is 3. The molecule has 6 heteroatoms. The quantitative estimate of drug-likeness (QED) is 0.630. The van der Waals surface area contributed by atoms with Gasteiger partial charge in [-0.1, -0.05) is 26.0 Å². The molecule has 1 aliphatic rings. The van der Waals surface area contributed by atoms with Crippen molar-refractivity contribution in [2.75, 3.05) is 10.6 Å². The van der Waals surface area contributed by atoms with Gasteiger partial charge in [0.05, 0.1) is 5.69 Å². The van der Waals surface area contributed by atoms with E-state index in [1.807, 2.05) is 10.7 Å². The lowest BCUT2D eigenvalue weighted by Gasteiger charge is -2.27. The molecule has 3 aromatic rings. The third-order valence-corrected chi connectivity index (χ3v) is 5.32. The molecule has 4 N–H and O–H groups in total. The highest BCUT2D eigenvalue weighted by atomic mass is 15.3. The highest BCUT2D eigenvalue weighted by Crippen LogP contribution is 2.27. The van der Waals surface area contributed by atoms with Crippen LogP contribution in [0.2, 0.25) is 0 Å². The second-order valence-electron chi connectivity index (χ2n) is 7.80. The molecule has 27 heavy (non-hydrogen) atoms. The van der Waals surface area contributed by atoms with E-state index in [4.69, 9.17) is 5.73 Å². The van der Waals surface area contributed by atoms with Crippen molar-refractivity contribution in [2.24, 2.45) is 5.73 Å². The minimum atomic E-state index is 0.345. The molecule has 1 aliphatic carbocycles. The molecule has 6 nitrogen and oxygen atoms in total. The van der Waals surface area contributed by atoms with Gasteiger partial charge in [-0.2, -0.15) is 0 Å². The molecular formula is C21H28N6. The molecule has 0 amide bonds. The molecule has 0 spiro atoms. The maximum atomic E-state index is 6.03. The third-order valence-electron chi connectivity index (χ3n) is 5.32. The Kier molecular flexibility index (Phi) is 4.99. The molecule has 0 unspecified atom stereocenters. The minimum absolute atomic E-state index is 0.345. The van der Waals surface area contributed by atoms with E-state index in [0.717, 1.165) is 48.5 Å². The monoisotopic (exact) mass is 364 g/mol. The van der Waals surface area contributed by atoms with Gasteiger partial charge in [-0.25, -0.2) is 9.50 Å². The fraction of sp³-hybridized carbons (Fsp3) is 0.429. The number of imidazole rings is 1. The molecule has 1 fully saturated rings. The standard InChI is InChI=1S/C21H28N6/c1-14(2)15-4-3-5-18(12-15)24-19-13-20(26-27-11-10-23-21(19)27)25-17-8-6-16(22)7-9-17/h3-5,10-14,16-17,24H,6-9,22H2,1-2H3,(H,25,26)/t16-,17-. The maximum Gasteiger partial charge on any atom is 0.177 e. The van der Waals surface area contributed by atoms with Crippen molar-refractivity contribution >= 4 is 22.8 Å². The first kappa shape index (κ1) is 17.8. The van der Waals surface area contributed by atoms with Gasteiger partial charge in [0, 0.05) is 36.2 Å². The van der Waals surface area contributed by atoms with E-state index in [9.17, 15) is 0 Å². The van der Waals surface area contributed by atoms with Crippen LogP contribution in [-0.2, 0) is 0 Å². The van der Waals surface area contributed by atoms with Gasteiger partial charge in [0.15, 0.2) is 5.65 Å². The summed E-state index contributed by atoms with van der Waals surface area (Å²) in [4.78, 5) is 4.46. The number of rotatable bonds is 5. The van der Waals surface area contributed by atoms with Crippen LogP contribution in [0.15, 0.2) is 42.7 Å². The summed E-state index contributed by atoms with van der Waals surface area (Å²) >= 11 is 0. The smallest absolute Gasteiger partial charge is 0.177 e. The highest BCUT2D eigenvalue weighted by Gasteiger charge is 2.19. The number of benzene rings is 1. The molecule has 0 bridgehead atoms. The van der Waals surface area contributed by atoms with Gasteiger partial charge in [-0.05, 0) is 49.3 Å². The second kappa shape index (κ2) is 7.56. The summed E-state index contributed by atoms with van der Waals surface area (Å²) in [5.74, 6) is 1.36. The van der Waals surface area contributed by atoms with E-state index in [1.54, 1.807) is 6.20 Å². The van der Waals surface area contributed by atoms with E-state index in [-0.39, 0.29) is 0 Å². The molecule has 0 saturated heterocycles. The van der Waals surface area contributed by atoms with E-state index >= 15 is 0 Å². The first-order valence-electron chi connectivity index (χ1n) is 9.82. The summed E-state index contributed by atoms with van der Waals surface area (Å²) in [6.45, 7) is 4.41. The molecular weight excluding hydrogens is 336 g/mol. The average Bonchev–Trinajstić information content (AvgIpc) is 3.13. The fourth-order valence-corrected chi connectivity index (χ4v) is 3.68. The zero-order chi connectivity index (χ0) is 18.8. The number of fused-ring (bicyclic) bond motifs is 1. The summed E-state index contributed by atoms with van der Waals surface area (Å²) in [6.07, 6.45) is 7.97. The van der Waals surface area contributed by atoms with E-state index in [1.165, 1.54) is 5.56 Å². The zero-order valence-electron chi connectivity index (χ0n) is 16.0. The van der Waals surface area contributed by atoms with E-state index in [0.29, 0.717) is 18.0 Å². The molecule has 0 aliphatic heterocycles. The van der Waals surface area contributed by atoms with Crippen LogP contribution in [0.3, 0.4) is 0 Å². The van der Waals surface area contributed by atoms with Gasteiger partial charge in [0.1, 0.15) is 5.82 Å². The van der Waals surface area contributed by atoms with Gasteiger partial charge in [0.25, 0.3) is 0 Å². The molecule has 1 saturated carbocycles. The number of hydrogen-bond donors (Lipinski definition) is 3. The fourth-order valence-electron chi connectivity index (χ4n) is 3.68. The van der Waals surface area contributed by atoms with Crippen LogP contribution in [0.5, 0.6) is 0 Å². The lowest BCUT2D eigenvalue weighted by Crippen LogP contribution is -2.33. The van der Waals surface area contributed by atoms with Crippen molar-refractivity contribution in [1.82, 2.24) is 14.6 Å². The lowest BCUT2D eigenvalue weighted by atomic mass is 9.92. The van der Waals surface area contributed by atoms with Crippen molar-refractivity contribution in [3.63, 3.8) is 0 Å². The Morgan fingerprint density at radius 2 is 1.96 bits per heavy atom. The third kappa shape index (κ3) is 4.06. The van der Waals surface area contributed by atoms with Crippen molar-refractivity contribution in [2.45, 2.75) is 57.5 Å². The first-order valence-corrected chi connectivity index (χ1v) is 9.82. The molecule has 2 heterocycles. The van der Waals surface area contributed by atoms with Gasteiger partial charge >= 0.3 is 0 Å². The van der Waals surface area contributed by atoms with E-state index < -0.39 is 0 Å². The van der Waals surface area contributed by atoms with Crippen LogP contribution in [0.4, 0.5) is 17.2 Å². The van der Waals surface area contributed by atoms with Gasteiger partial charge < -0.3 is 16.4 Å². The van der Waals surface area contributed by atoms with Gasteiger partial charge in [-0.15, -0.1) is 5.10 Å². The Bertz CT molecular complexity index is 908. The molecule has 2 aromatic heterocycles. The lowest BCUT2D eigenvalue weighted by molar-refractivity contribution is 0.410. The zero-order valence-corrected chi connectivity index (χ0v) is 16.0. The van der Waals surface area contributed by atoms with Crippen LogP contribution < -0.4 is 16.4 Å². The molecule has 0 radical (unpaired) electrons. The van der Waals surface area contributed by atoms with Crippen LogP contribution in [0.1, 0.15) is 51.0 Å². The number of nitrogens with two attached hydrogens (primary N) is 1. The molecule has 142 valence electrons. The normalized spacial score (nSPS) is 20.1. The SMILES string of the molecule is CC(C)c1cccc(Nc2cc(N[C@H]3CC[C@H](N)CC3)nn3ccnc23)c1. The van der Waals surface area contributed by atoms with Crippen LogP contribution in [-0.4, -0.2) is 26.7 Å². The largest absolute Gasteiger partial charge is 0.366 e. The highest BCUT2D eigenvalue weighted by molar-refractivity contribution is 5.76. The first-order chi connectivity index (χ1) is 13.1. The maximum absolute atomic E-state index is 6.03. The summed E-state index contributed by atoms with van der Waals surface area (Å²) in [6, 6.07) is 11.4. The van der Waals surface area contributed by atoms with Gasteiger partial charge in [0.2, 0.25) is 0 Å². The summed E-state index contributed by atoms with van der Waals surface area (Å²) in [7, 11) is 0. The Morgan fingerprint density at radius 1 is 1.15 bits per heavy atom. The Balaban J connectivity index is 1.60. The second-order valence-corrected chi connectivity index (χ2v) is 7.80. The topological polar surface area (TPSA) is 80.3 Å². The van der Waals surface area contributed by atoms with Gasteiger partial charge in [-0.3, -0.25) is 0 Å². The number of aromatic nitrogens is 3. The molecule has 0 atom stereocenters. The number of nitrogens with one attached hydrogen (secondary N) is 2. The summed E-state index contributed by atoms with van der Waals surface area (Å²) in [5, 5.41) is 11.8. The van der Waals surface area contributed by atoms with Crippen LogP contribution in [0, 0.1) is 0 Å². The Morgan fingerprint density at radius 3 is 2.74 bits per heavy atom. The van der Waals surface area contributed by atoms with Crippen molar-refractivity contribution in [1.29, 1.82) is 0 Å². The summed E-state index contributed by atoms with van der Waals surface area (Å²) < 4.78 is 1.82. The average molecular weight is 364 g/mol. The molecule has 4 rings (SSSR count).